The molecule has 6 heteroatoms. The minimum Gasteiger partial charge on any atom is -0.389 e. The molecule has 1 amide bonds. The van der Waals surface area contributed by atoms with Crippen LogP contribution in [0.3, 0.4) is 0 Å². The maximum atomic E-state index is 12.9. The molecule has 0 unspecified atom stereocenters. The van der Waals surface area contributed by atoms with E-state index in [9.17, 15) is 9.90 Å². The number of carbonyl (C=O) groups is 1. The summed E-state index contributed by atoms with van der Waals surface area (Å²) in [6.45, 7) is 3.22. The van der Waals surface area contributed by atoms with Crippen LogP contribution in [0.15, 0.2) is 30.3 Å². The number of hydrogen-bond acceptors (Lipinski definition) is 5. The lowest BCUT2D eigenvalue weighted by Crippen LogP contribution is -2.69. The zero-order chi connectivity index (χ0) is 18.0. The summed E-state index contributed by atoms with van der Waals surface area (Å²) in [5.41, 5.74) is 0.267. The third-order valence-electron chi connectivity index (χ3n) is 6.11. The third-order valence-corrected chi connectivity index (χ3v) is 6.11. The van der Waals surface area contributed by atoms with E-state index in [2.05, 4.69) is 0 Å². The normalized spacial score (nSPS) is 34.0. The number of amides is 1. The van der Waals surface area contributed by atoms with Crippen molar-refractivity contribution < 1.29 is 24.1 Å². The average Bonchev–Trinajstić information content (AvgIpc) is 2.68. The first kappa shape index (κ1) is 17.9. The second-order valence-electron chi connectivity index (χ2n) is 7.57. The van der Waals surface area contributed by atoms with Crippen molar-refractivity contribution in [2.24, 2.45) is 11.8 Å². The molecule has 6 nitrogen and oxygen atoms in total. The average molecular weight is 361 g/mol. The third kappa shape index (κ3) is 3.39. The number of nitrogens with zero attached hydrogens (tertiary/aromatic N) is 1. The lowest BCUT2D eigenvalue weighted by Gasteiger charge is -2.57. The van der Waals surface area contributed by atoms with Gasteiger partial charge in [-0.25, -0.2) is 0 Å². The van der Waals surface area contributed by atoms with Crippen LogP contribution in [0.1, 0.15) is 18.4 Å². The zero-order valence-corrected chi connectivity index (χ0v) is 15.0. The molecule has 4 atom stereocenters. The van der Waals surface area contributed by atoms with Crippen LogP contribution >= 0.6 is 0 Å². The molecule has 3 heterocycles. The van der Waals surface area contributed by atoms with Crippen LogP contribution in [-0.2, 0) is 25.6 Å². The van der Waals surface area contributed by atoms with Gasteiger partial charge in [0.05, 0.1) is 25.4 Å². The van der Waals surface area contributed by atoms with Crippen molar-refractivity contribution in [3.05, 3.63) is 35.9 Å². The van der Waals surface area contributed by atoms with Crippen LogP contribution in [0.4, 0.5) is 0 Å². The van der Waals surface area contributed by atoms with Crippen molar-refractivity contribution in [1.29, 1.82) is 0 Å². The van der Waals surface area contributed by atoms with Gasteiger partial charge < -0.3 is 24.2 Å². The number of likely N-dealkylation sites (tertiary alicyclic amines) is 1. The Morgan fingerprint density at radius 3 is 2.88 bits per heavy atom. The van der Waals surface area contributed by atoms with E-state index in [1.54, 1.807) is 0 Å². The Balaban J connectivity index is 1.42. The van der Waals surface area contributed by atoms with E-state index < -0.39 is 5.60 Å². The number of piperidine rings is 1. The molecule has 3 aliphatic heterocycles. The first-order valence-electron chi connectivity index (χ1n) is 9.47. The minimum atomic E-state index is -0.787. The van der Waals surface area contributed by atoms with E-state index in [1.165, 1.54) is 0 Å². The summed E-state index contributed by atoms with van der Waals surface area (Å²) in [6, 6.07) is 9.87. The van der Waals surface area contributed by atoms with Crippen molar-refractivity contribution in [1.82, 2.24) is 4.90 Å². The first-order valence-corrected chi connectivity index (χ1v) is 9.47. The molecule has 4 rings (SSSR count). The monoisotopic (exact) mass is 361 g/mol. The second kappa shape index (κ2) is 7.64. The molecular formula is C20H27NO5. The Kier molecular flexibility index (Phi) is 5.27. The molecule has 0 saturated carbocycles. The molecular weight excluding hydrogens is 334 g/mol. The van der Waals surface area contributed by atoms with E-state index in [1.807, 2.05) is 35.2 Å². The Bertz CT molecular complexity index is 624. The van der Waals surface area contributed by atoms with Crippen molar-refractivity contribution in [3.63, 3.8) is 0 Å². The van der Waals surface area contributed by atoms with Crippen LogP contribution in [0.25, 0.3) is 0 Å². The molecule has 0 bridgehead atoms. The van der Waals surface area contributed by atoms with Gasteiger partial charge in [-0.1, -0.05) is 30.3 Å². The highest BCUT2D eigenvalue weighted by atomic mass is 16.5. The van der Waals surface area contributed by atoms with E-state index in [4.69, 9.17) is 14.2 Å². The van der Waals surface area contributed by atoms with E-state index >= 15 is 0 Å². The van der Waals surface area contributed by atoms with E-state index in [0.717, 1.165) is 12.0 Å². The van der Waals surface area contributed by atoms with Crippen LogP contribution in [0.5, 0.6) is 0 Å². The summed E-state index contributed by atoms with van der Waals surface area (Å²) in [7, 11) is 0. The molecule has 3 saturated heterocycles. The largest absolute Gasteiger partial charge is 0.389 e. The van der Waals surface area contributed by atoms with Crippen molar-refractivity contribution in [2.45, 2.75) is 31.1 Å². The number of fused-ring (bicyclic) bond motifs is 3. The van der Waals surface area contributed by atoms with Gasteiger partial charge in [0, 0.05) is 44.1 Å². The molecule has 1 aromatic rings. The van der Waals surface area contributed by atoms with Gasteiger partial charge in [-0.05, 0) is 12.0 Å². The Morgan fingerprint density at radius 2 is 2.04 bits per heavy atom. The molecule has 3 fully saturated rings. The molecule has 1 aromatic carbocycles. The first-order chi connectivity index (χ1) is 12.7. The minimum absolute atomic E-state index is 0.00884. The Hall–Kier alpha value is -1.47. The van der Waals surface area contributed by atoms with Crippen LogP contribution in [0, 0.1) is 11.8 Å². The predicted molar refractivity (Wildman–Crippen MR) is 94.4 cm³/mol. The van der Waals surface area contributed by atoms with E-state index in [0.29, 0.717) is 46.0 Å². The van der Waals surface area contributed by atoms with Crippen LogP contribution in [0.2, 0.25) is 0 Å². The quantitative estimate of drug-likeness (QED) is 0.873. The lowest BCUT2D eigenvalue weighted by molar-refractivity contribution is -0.220. The molecule has 26 heavy (non-hydrogen) atoms. The fraction of sp³-hybridized carbons (Fsp3) is 0.650. The Morgan fingerprint density at radius 1 is 1.23 bits per heavy atom. The Labute approximate surface area is 154 Å². The van der Waals surface area contributed by atoms with E-state index in [-0.39, 0.29) is 30.4 Å². The maximum absolute atomic E-state index is 12.9. The molecule has 142 valence electrons. The van der Waals surface area contributed by atoms with Crippen molar-refractivity contribution in [3.8, 4) is 0 Å². The molecule has 1 N–H and O–H groups in total. The van der Waals surface area contributed by atoms with Crippen LogP contribution < -0.4 is 0 Å². The fourth-order valence-electron chi connectivity index (χ4n) is 4.66. The van der Waals surface area contributed by atoms with Gasteiger partial charge in [-0.2, -0.15) is 0 Å². The second-order valence-corrected chi connectivity index (χ2v) is 7.57. The summed E-state index contributed by atoms with van der Waals surface area (Å²) in [5, 5.41) is 11.3. The topological polar surface area (TPSA) is 68.2 Å². The van der Waals surface area contributed by atoms with Gasteiger partial charge in [-0.3, -0.25) is 4.79 Å². The molecule has 0 spiro atoms. The number of benzene rings is 1. The van der Waals surface area contributed by atoms with Gasteiger partial charge >= 0.3 is 0 Å². The number of aliphatic hydroxyl groups is 1. The number of hydrogen-bond donors (Lipinski definition) is 1. The van der Waals surface area contributed by atoms with Crippen molar-refractivity contribution in [2.75, 3.05) is 39.6 Å². The van der Waals surface area contributed by atoms with Gasteiger partial charge in [0.1, 0.15) is 6.61 Å². The fourth-order valence-corrected chi connectivity index (χ4v) is 4.66. The van der Waals surface area contributed by atoms with Gasteiger partial charge in [0.15, 0.2) is 0 Å². The van der Waals surface area contributed by atoms with Gasteiger partial charge in [-0.15, -0.1) is 0 Å². The summed E-state index contributed by atoms with van der Waals surface area (Å²) in [6.07, 6.45) is 1.39. The van der Waals surface area contributed by atoms with Gasteiger partial charge in [0.2, 0.25) is 5.91 Å². The SMILES string of the molecule is O=C(COCc1ccccc1)N1C[C@H]2COCC[C@@]2(O)[C@@H]2COCC[C@@H]21. The summed E-state index contributed by atoms with van der Waals surface area (Å²) in [4.78, 5) is 14.8. The highest BCUT2D eigenvalue weighted by molar-refractivity contribution is 5.78. The summed E-state index contributed by atoms with van der Waals surface area (Å²) < 4.78 is 16.9. The standard InChI is InChI=1S/C20H27NO5/c22-19(14-26-11-15-4-2-1-3-5-15)21-10-16-12-25-9-7-20(16,23)17-13-24-8-6-18(17)21/h1-5,16-18,23H,6-14H2/t16-,17+,18-,20-/m0/s1. The van der Waals surface area contributed by atoms with Gasteiger partial charge in [0.25, 0.3) is 0 Å². The number of rotatable bonds is 4. The summed E-state index contributed by atoms with van der Waals surface area (Å²) in [5.74, 6) is -0.111. The van der Waals surface area contributed by atoms with Crippen molar-refractivity contribution >= 4 is 5.91 Å². The number of ether oxygens (including phenoxy) is 3. The maximum Gasteiger partial charge on any atom is 0.248 e. The predicted octanol–water partition coefficient (Wildman–Crippen LogP) is 1.22. The lowest BCUT2D eigenvalue weighted by atomic mass is 9.66. The highest BCUT2D eigenvalue weighted by Gasteiger charge is 2.56. The molecule has 0 radical (unpaired) electrons. The molecule has 0 aliphatic carbocycles. The highest BCUT2D eigenvalue weighted by Crippen LogP contribution is 2.44. The summed E-state index contributed by atoms with van der Waals surface area (Å²) >= 11 is 0. The zero-order valence-electron chi connectivity index (χ0n) is 15.0. The smallest absolute Gasteiger partial charge is 0.248 e. The number of carbonyl (C=O) groups excluding carboxylic acids is 1. The molecule has 3 aliphatic rings. The van der Waals surface area contributed by atoms with Crippen LogP contribution in [-0.4, -0.2) is 67.1 Å². The molecule has 0 aromatic heterocycles.